The molecule has 27 heavy (non-hydrogen) atoms. The summed E-state index contributed by atoms with van der Waals surface area (Å²) in [6.45, 7) is 1.91. The number of amides is 1. The minimum atomic E-state index is -0.0408. The van der Waals surface area contributed by atoms with Gasteiger partial charge in [-0.05, 0) is 30.5 Å². The molecule has 4 rings (SSSR count). The van der Waals surface area contributed by atoms with Crippen molar-refractivity contribution in [1.82, 2.24) is 9.97 Å². The molecule has 0 unspecified atom stereocenters. The van der Waals surface area contributed by atoms with Crippen LogP contribution in [0, 0.1) is 0 Å². The molecule has 0 atom stereocenters. The van der Waals surface area contributed by atoms with E-state index in [-0.39, 0.29) is 5.91 Å². The van der Waals surface area contributed by atoms with Crippen LogP contribution in [0.4, 0.5) is 11.6 Å². The van der Waals surface area contributed by atoms with Crippen LogP contribution in [-0.2, 0) is 10.5 Å². The van der Waals surface area contributed by atoms with Gasteiger partial charge in [0.15, 0.2) is 11.6 Å². The summed E-state index contributed by atoms with van der Waals surface area (Å²) in [5, 5.41) is 2.99. The highest BCUT2D eigenvalue weighted by molar-refractivity contribution is 7.99. The number of thioether (sulfide) groups is 1. The van der Waals surface area contributed by atoms with Gasteiger partial charge < -0.3 is 10.2 Å². The molecule has 1 amide bonds. The van der Waals surface area contributed by atoms with Crippen molar-refractivity contribution in [2.24, 2.45) is 0 Å². The number of carbonyl (C=O) groups is 1. The van der Waals surface area contributed by atoms with Gasteiger partial charge in [0, 0.05) is 18.8 Å². The van der Waals surface area contributed by atoms with Crippen LogP contribution < -0.4 is 10.2 Å². The van der Waals surface area contributed by atoms with E-state index in [1.54, 1.807) is 11.8 Å². The monoisotopic (exact) mass is 378 g/mol. The van der Waals surface area contributed by atoms with Gasteiger partial charge in [-0.2, -0.15) is 0 Å². The summed E-state index contributed by atoms with van der Waals surface area (Å²) in [5.41, 5.74) is 2.88. The van der Waals surface area contributed by atoms with Crippen molar-refractivity contribution < 1.29 is 4.79 Å². The first-order chi connectivity index (χ1) is 13.3. The fourth-order valence-corrected chi connectivity index (χ4v) is 4.02. The van der Waals surface area contributed by atoms with E-state index in [4.69, 9.17) is 4.98 Å². The lowest BCUT2D eigenvalue weighted by atomic mass is 10.2. The predicted octanol–water partition coefficient (Wildman–Crippen LogP) is 4.10. The molecule has 0 saturated carbocycles. The predicted molar refractivity (Wildman–Crippen MR) is 112 cm³/mol. The first-order valence-electron chi connectivity index (χ1n) is 9.23. The molecule has 2 aromatic carbocycles. The van der Waals surface area contributed by atoms with E-state index >= 15 is 0 Å². The van der Waals surface area contributed by atoms with E-state index in [9.17, 15) is 4.79 Å². The number of fused-ring (bicyclic) bond motifs is 1. The molecule has 1 saturated heterocycles. The maximum Gasteiger partial charge on any atom is 0.235 e. The summed E-state index contributed by atoms with van der Waals surface area (Å²) in [5.74, 6) is 2.52. The number of carbonyl (C=O) groups excluding carboxylic acids is 1. The van der Waals surface area contributed by atoms with Gasteiger partial charge in [0.25, 0.3) is 0 Å². The van der Waals surface area contributed by atoms with Crippen molar-refractivity contribution in [1.29, 1.82) is 0 Å². The summed E-state index contributed by atoms with van der Waals surface area (Å²) in [4.78, 5) is 24.2. The zero-order valence-electron chi connectivity index (χ0n) is 15.1. The molecule has 1 aromatic heterocycles. The van der Waals surface area contributed by atoms with Crippen LogP contribution in [0.5, 0.6) is 0 Å². The van der Waals surface area contributed by atoms with Gasteiger partial charge in [-0.1, -0.05) is 42.5 Å². The minimum Gasteiger partial charge on any atom is -0.354 e. The third-order valence-electron chi connectivity index (χ3n) is 4.56. The molecule has 1 fully saturated rings. The second-order valence-corrected chi connectivity index (χ2v) is 7.59. The zero-order valence-corrected chi connectivity index (χ0v) is 15.9. The highest BCUT2D eigenvalue weighted by atomic mass is 32.2. The van der Waals surface area contributed by atoms with Crippen molar-refractivity contribution >= 4 is 40.3 Å². The maximum absolute atomic E-state index is 12.5. The molecule has 0 bridgehead atoms. The Hall–Kier alpha value is -2.60. The Kier molecular flexibility index (Phi) is 5.53. The Bertz CT molecular complexity index is 926. The second kappa shape index (κ2) is 8.39. The lowest BCUT2D eigenvalue weighted by Gasteiger charge is -2.20. The van der Waals surface area contributed by atoms with Crippen molar-refractivity contribution in [2.75, 3.05) is 29.1 Å². The highest BCUT2D eigenvalue weighted by Crippen LogP contribution is 2.28. The van der Waals surface area contributed by atoms with Gasteiger partial charge in [-0.3, -0.25) is 4.79 Å². The van der Waals surface area contributed by atoms with E-state index in [1.165, 1.54) is 5.56 Å². The van der Waals surface area contributed by atoms with Crippen LogP contribution in [0.1, 0.15) is 18.4 Å². The molecule has 6 heteroatoms. The van der Waals surface area contributed by atoms with E-state index in [2.05, 4.69) is 27.3 Å². The molecular weight excluding hydrogens is 356 g/mol. The summed E-state index contributed by atoms with van der Waals surface area (Å²) in [7, 11) is 0. The van der Waals surface area contributed by atoms with Gasteiger partial charge in [0.1, 0.15) is 0 Å². The molecule has 1 aliphatic rings. The molecule has 1 N–H and O–H groups in total. The van der Waals surface area contributed by atoms with Crippen molar-refractivity contribution in [3.8, 4) is 0 Å². The number of nitrogens with zero attached hydrogens (tertiary/aromatic N) is 3. The largest absolute Gasteiger partial charge is 0.354 e. The smallest absolute Gasteiger partial charge is 0.235 e. The fraction of sp³-hybridized carbons (Fsp3) is 0.286. The first kappa shape index (κ1) is 17.8. The Morgan fingerprint density at radius 2 is 1.63 bits per heavy atom. The molecular formula is C21H22N4OS. The lowest BCUT2D eigenvalue weighted by molar-refractivity contribution is -0.113. The average molecular weight is 379 g/mol. The number of para-hydroxylation sites is 2. The molecule has 5 nitrogen and oxygen atoms in total. The Morgan fingerprint density at radius 1 is 0.963 bits per heavy atom. The molecule has 3 aromatic rings. The minimum absolute atomic E-state index is 0.0408. The number of hydrogen-bond acceptors (Lipinski definition) is 5. The molecule has 0 aliphatic carbocycles. The number of nitrogens with one attached hydrogen (secondary N) is 1. The van der Waals surface area contributed by atoms with Crippen LogP contribution >= 0.6 is 11.8 Å². The molecule has 1 aliphatic heterocycles. The average Bonchev–Trinajstić information content (AvgIpc) is 3.23. The van der Waals surface area contributed by atoms with Gasteiger partial charge in [0.05, 0.1) is 16.8 Å². The summed E-state index contributed by atoms with van der Waals surface area (Å²) in [6.07, 6.45) is 2.30. The van der Waals surface area contributed by atoms with E-state index in [0.29, 0.717) is 11.6 Å². The van der Waals surface area contributed by atoms with Crippen molar-refractivity contribution in [3.63, 3.8) is 0 Å². The number of anilines is 2. The zero-order chi connectivity index (χ0) is 18.5. The van der Waals surface area contributed by atoms with E-state index < -0.39 is 0 Å². The van der Waals surface area contributed by atoms with Gasteiger partial charge in [0.2, 0.25) is 5.91 Å². The molecule has 0 spiro atoms. The third kappa shape index (κ3) is 4.39. The Morgan fingerprint density at radius 3 is 2.37 bits per heavy atom. The number of aromatic nitrogens is 2. The lowest BCUT2D eigenvalue weighted by Crippen LogP contribution is -2.24. The first-order valence-corrected chi connectivity index (χ1v) is 10.4. The van der Waals surface area contributed by atoms with Gasteiger partial charge >= 0.3 is 0 Å². The quantitative estimate of drug-likeness (QED) is 0.700. The second-order valence-electron chi connectivity index (χ2n) is 6.61. The van der Waals surface area contributed by atoms with E-state index in [0.717, 1.165) is 48.5 Å². The molecule has 138 valence electrons. The Balaban J connectivity index is 1.48. The fourth-order valence-electron chi connectivity index (χ4n) is 3.23. The van der Waals surface area contributed by atoms with Crippen LogP contribution in [0.3, 0.4) is 0 Å². The summed E-state index contributed by atoms with van der Waals surface area (Å²) >= 11 is 1.60. The Labute approximate surface area is 163 Å². The maximum atomic E-state index is 12.5. The normalized spacial score (nSPS) is 13.9. The van der Waals surface area contributed by atoms with Gasteiger partial charge in [-0.15, -0.1) is 11.8 Å². The third-order valence-corrected chi connectivity index (χ3v) is 5.56. The number of hydrogen-bond donors (Lipinski definition) is 1. The van der Waals surface area contributed by atoms with Crippen LogP contribution in [-0.4, -0.2) is 34.7 Å². The van der Waals surface area contributed by atoms with Gasteiger partial charge in [-0.25, -0.2) is 9.97 Å². The van der Waals surface area contributed by atoms with Crippen LogP contribution in [0.25, 0.3) is 11.0 Å². The number of benzene rings is 2. The SMILES string of the molecule is O=C(CSCc1ccccc1)Nc1nc2ccccc2nc1N1CCCC1. The molecule has 2 heterocycles. The van der Waals surface area contributed by atoms with Crippen LogP contribution in [0.15, 0.2) is 54.6 Å². The number of rotatable bonds is 6. The highest BCUT2D eigenvalue weighted by Gasteiger charge is 2.20. The topological polar surface area (TPSA) is 58.1 Å². The van der Waals surface area contributed by atoms with Crippen molar-refractivity contribution in [3.05, 3.63) is 60.2 Å². The standard InChI is InChI=1S/C21H22N4OS/c26-19(15-27-14-16-8-2-1-3-9-16)24-20-21(25-12-6-7-13-25)23-18-11-5-4-10-17(18)22-20/h1-5,8-11H,6-7,12-15H2,(H,22,24,26). The molecule has 0 radical (unpaired) electrons. The van der Waals surface area contributed by atoms with Crippen molar-refractivity contribution in [2.45, 2.75) is 18.6 Å². The van der Waals surface area contributed by atoms with E-state index in [1.807, 2.05) is 42.5 Å². The summed E-state index contributed by atoms with van der Waals surface area (Å²) < 4.78 is 0. The summed E-state index contributed by atoms with van der Waals surface area (Å²) in [6, 6.07) is 18.0. The van der Waals surface area contributed by atoms with Crippen LogP contribution in [0.2, 0.25) is 0 Å².